The van der Waals surface area contributed by atoms with E-state index in [1.807, 2.05) is 61.4 Å². The number of rotatable bonds is 2. The molecule has 0 radical (unpaired) electrons. The van der Waals surface area contributed by atoms with E-state index in [2.05, 4.69) is 16.5 Å². The van der Waals surface area contributed by atoms with E-state index in [9.17, 15) is 5.26 Å². The van der Waals surface area contributed by atoms with E-state index in [4.69, 9.17) is 0 Å². The molecule has 3 rings (SSSR count). The van der Waals surface area contributed by atoms with Crippen LogP contribution in [0.2, 0.25) is 0 Å². The lowest BCUT2D eigenvalue weighted by molar-refractivity contribution is 0.797. The summed E-state index contributed by atoms with van der Waals surface area (Å²) in [4.78, 5) is 0. The van der Waals surface area contributed by atoms with E-state index in [1.165, 1.54) is 0 Å². The standard InChI is InChI=1S/C16H14N4/c1-18-15-7-3-5-11(13(15)9-17)12-6-4-8-16-14(12)10-19-20(16)2/h3-8,10,18H,1-2H3. The van der Waals surface area contributed by atoms with Gasteiger partial charge in [0.05, 0.1) is 23.0 Å². The number of aryl methyl sites for hydroxylation is 1. The molecular weight excluding hydrogens is 248 g/mol. The van der Waals surface area contributed by atoms with Crippen molar-refractivity contribution in [1.29, 1.82) is 5.26 Å². The van der Waals surface area contributed by atoms with Gasteiger partial charge in [-0.15, -0.1) is 0 Å². The second-order valence-electron chi connectivity index (χ2n) is 4.60. The molecule has 1 N–H and O–H groups in total. The lowest BCUT2D eigenvalue weighted by Crippen LogP contribution is -1.95. The van der Waals surface area contributed by atoms with Crippen molar-refractivity contribution in [3.05, 3.63) is 48.2 Å². The number of nitriles is 1. The fraction of sp³-hybridized carbons (Fsp3) is 0.125. The Morgan fingerprint density at radius 2 is 1.90 bits per heavy atom. The Kier molecular flexibility index (Phi) is 2.88. The molecule has 0 spiro atoms. The summed E-state index contributed by atoms with van der Waals surface area (Å²) >= 11 is 0. The van der Waals surface area contributed by atoms with Gasteiger partial charge in [-0.3, -0.25) is 4.68 Å². The topological polar surface area (TPSA) is 53.6 Å². The molecule has 0 aliphatic carbocycles. The van der Waals surface area contributed by atoms with Crippen LogP contribution in [0.5, 0.6) is 0 Å². The molecular formula is C16H14N4. The lowest BCUT2D eigenvalue weighted by atomic mass is 9.96. The highest BCUT2D eigenvalue weighted by Gasteiger charge is 2.12. The van der Waals surface area contributed by atoms with E-state index in [1.54, 1.807) is 0 Å². The number of aromatic nitrogens is 2. The van der Waals surface area contributed by atoms with E-state index < -0.39 is 0 Å². The molecule has 0 aliphatic heterocycles. The van der Waals surface area contributed by atoms with Crippen molar-refractivity contribution in [3.63, 3.8) is 0 Å². The molecule has 1 heterocycles. The van der Waals surface area contributed by atoms with Crippen LogP contribution in [0.3, 0.4) is 0 Å². The summed E-state index contributed by atoms with van der Waals surface area (Å²) in [5.74, 6) is 0. The van der Waals surface area contributed by atoms with Gasteiger partial charge in [0, 0.05) is 25.0 Å². The number of anilines is 1. The Balaban J connectivity index is 2.35. The molecule has 0 aliphatic rings. The van der Waals surface area contributed by atoms with E-state index in [-0.39, 0.29) is 0 Å². The smallest absolute Gasteiger partial charge is 0.102 e. The van der Waals surface area contributed by atoms with Crippen molar-refractivity contribution in [1.82, 2.24) is 9.78 Å². The average Bonchev–Trinajstić information content (AvgIpc) is 2.88. The van der Waals surface area contributed by atoms with E-state index in [0.29, 0.717) is 5.56 Å². The zero-order valence-electron chi connectivity index (χ0n) is 11.4. The van der Waals surface area contributed by atoms with Gasteiger partial charge in [0.1, 0.15) is 6.07 Å². The molecule has 4 heteroatoms. The predicted octanol–water partition coefficient (Wildman–Crippen LogP) is 3.15. The van der Waals surface area contributed by atoms with Crippen molar-refractivity contribution < 1.29 is 0 Å². The molecule has 0 unspecified atom stereocenters. The molecule has 0 amide bonds. The van der Waals surface area contributed by atoms with Crippen molar-refractivity contribution >= 4 is 16.6 Å². The van der Waals surface area contributed by atoms with Crippen molar-refractivity contribution in [2.45, 2.75) is 0 Å². The van der Waals surface area contributed by atoms with Crippen LogP contribution in [-0.2, 0) is 7.05 Å². The van der Waals surface area contributed by atoms with Crippen LogP contribution in [-0.4, -0.2) is 16.8 Å². The maximum absolute atomic E-state index is 9.46. The Morgan fingerprint density at radius 1 is 1.15 bits per heavy atom. The summed E-state index contributed by atoms with van der Waals surface area (Å²) in [6, 6.07) is 14.2. The third-order valence-corrected chi connectivity index (χ3v) is 3.53. The van der Waals surface area contributed by atoms with Gasteiger partial charge in [0.25, 0.3) is 0 Å². The summed E-state index contributed by atoms with van der Waals surface area (Å²) < 4.78 is 1.84. The quantitative estimate of drug-likeness (QED) is 0.771. The monoisotopic (exact) mass is 262 g/mol. The van der Waals surface area contributed by atoms with Crippen molar-refractivity contribution in [2.24, 2.45) is 7.05 Å². The van der Waals surface area contributed by atoms with Gasteiger partial charge >= 0.3 is 0 Å². The summed E-state index contributed by atoms with van der Waals surface area (Å²) in [6.07, 6.45) is 1.85. The molecule has 0 bridgehead atoms. The van der Waals surface area contributed by atoms with Gasteiger partial charge in [-0.25, -0.2) is 0 Å². The fourth-order valence-corrected chi connectivity index (χ4v) is 2.52. The minimum Gasteiger partial charge on any atom is -0.387 e. The van der Waals surface area contributed by atoms with Crippen LogP contribution in [0.4, 0.5) is 5.69 Å². The Bertz CT molecular complexity index is 824. The first-order valence-corrected chi connectivity index (χ1v) is 6.38. The van der Waals surface area contributed by atoms with Gasteiger partial charge in [-0.1, -0.05) is 24.3 Å². The third kappa shape index (κ3) is 1.72. The average molecular weight is 262 g/mol. The van der Waals surface area contributed by atoms with Gasteiger partial charge in [0.15, 0.2) is 0 Å². The molecule has 4 nitrogen and oxygen atoms in total. The summed E-state index contributed by atoms with van der Waals surface area (Å²) in [5, 5.41) is 17.9. The number of hydrogen-bond donors (Lipinski definition) is 1. The number of nitrogens with one attached hydrogen (secondary N) is 1. The fourth-order valence-electron chi connectivity index (χ4n) is 2.52. The Morgan fingerprint density at radius 3 is 2.65 bits per heavy atom. The van der Waals surface area contributed by atoms with Crippen LogP contribution in [0.15, 0.2) is 42.6 Å². The predicted molar refractivity (Wildman–Crippen MR) is 80.4 cm³/mol. The van der Waals surface area contributed by atoms with Gasteiger partial charge in [0.2, 0.25) is 0 Å². The molecule has 2 aromatic carbocycles. The molecule has 3 aromatic rings. The molecule has 1 aromatic heterocycles. The van der Waals surface area contributed by atoms with Crippen LogP contribution >= 0.6 is 0 Å². The minimum absolute atomic E-state index is 0.659. The summed E-state index contributed by atoms with van der Waals surface area (Å²) in [5.41, 5.74) is 4.51. The van der Waals surface area contributed by atoms with Gasteiger partial charge < -0.3 is 5.32 Å². The first kappa shape index (κ1) is 12.2. The third-order valence-electron chi connectivity index (χ3n) is 3.53. The summed E-state index contributed by atoms with van der Waals surface area (Å²) in [6.45, 7) is 0. The van der Waals surface area contributed by atoms with Crippen LogP contribution in [0.1, 0.15) is 5.56 Å². The van der Waals surface area contributed by atoms with Crippen LogP contribution in [0.25, 0.3) is 22.0 Å². The molecule has 0 fully saturated rings. The van der Waals surface area contributed by atoms with Gasteiger partial charge in [-0.2, -0.15) is 10.4 Å². The molecule has 0 atom stereocenters. The largest absolute Gasteiger partial charge is 0.387 e. The molecule has 0 saturated heterocycles. The highest BCUT2D eigenvalue weighted by Crippen LogP contribution is 2.33. The lowest BCUT2D eigenvalue weighted by Gasteiger charge is -2.10. The zero-order chi connectivity index (χ0) is 14.1. The van der Waals surface area contributed by atoms with Crippen LogP contribution in [0, 0.1) is 11.3 Å². The number of nitrogens with zero attached hydrogens (tertiary/aromatic N) is 3. The number of benzene rings is 2. The summed E-state index contributed by atoms with van der Waals surface area (Å²) in [7, 11) is 3.74. The molecule has 0 saturated carbocycles. The van der Waals surface area contributed by atoms with Crippen LogP contribution < -0.4 is 5.32 Å². The van der Waals surface area contributed by atoms with E-state index >= 15 is 0 Å². The minimum atomic E-state index is 0.659. The van der Waals surface area contributed by atoms with Crippen molar-refractivity contribution in [2.75, 3.05) is 12.4 Å². The second-order valence-corrected chi connectivity index (χ2v) is 4.60. The highest BCUT2D eigenvalue weighted by molar-refractivity contribution is 5.97. The number of hydrogen-bond acceptors (Lipinski definition) is 3. The Labute approximate surface area is 117 Å². The SMILES string of the molecule is CNc1cccc(-c2cccc3c2cnn3C)c1C#N. The first-order valence-electron chi connectivity index (χ1n) is 6.38. The Hall–Kier alpha value is -2.80. The molecule has 98 valence electrons. The maximum Gasteiger partial charge on any atom is 0.102 e. The van der Waals surface area contributed by atoms with E-state index in [0.717, 1.165) is 27.7 Å². The first-order chi connectivity index (χ1) is 9.76. The number of fused-ring (bicyclic) bond motifs is 1. The molecule has 20 heavy (non-hydrogen) atoms. The normalized spacial score (nSPS) is 10.4. The van der Waals surface area contributed by atoms with Gasteiger partial charge in [-0.05, 0) is 17.7 Å². The maximum atomic E-state index is 9.46. The van der Waals surface area contributed by atoms with Crippen molar-refractivity contribution in [3.8, 4) is 17.2 Å². The second kappa shape index (κ2) is 4.71. The zero-order valence-corrected chi connectivity index (χ0v) is 11.4. The highest BCUT2D eigenvalue weighted by atomic mass is 15.2.